The molecule has 4 rings (SSSR count). The van der Waals surface area contributed by atoms with Crippen molar-refractivity contribution in [3.8, 4) is 17.4 Å². The van der Waals surface area contributed by atoms with Gasteiger partial charge in [-0.15, -0.1) is 5.10 Å². The van der Waals surface area contributed by atoms with Crippen LogP contribution in [-0.4, -0.2) is 59.5 Å². The summed E-state index contributed by atoms with van der Waals surface area (Å²) in [6.07, 6.45) is -3.50. The first-order chi connectivity index (χ1) is 15.8. The molecule has 0 atom stereocenters. The molecule has 1 N–H and O–H groups in total. The summed E-state index contributed by atoms with van der Waals surface area (Å²) in [7, 11) is -1.01. The maximum absolute atomic E-state index is 14.7. The van der Waals surface area contributed by atoms with Crippen molar-refractivity contribution in [2.24, 2.45) is 0 Å². The zero-order valence-corrected chi connectivity index (χ0v) is 19.1. The second-order valence-corrected chi connectivity index (χ2v) is 9.71. The molecule has 3 aromatic heterocycles. The Morgan fingerprint density at radius 1 is 1.32 bits per heavy atom. The lowest BCUT2D eigenvalue weighted by atomic mass is 10.1. The minimum atomic E-state index is -4.62. The molecule has 1 fully saturated rings. The van der Waals surface area contributed by atoms with Crippen LogP contribution in [0.1, 0.15) is 23.2 Å². The van der Waals surface area contributed by atoms with E-state index in [1.165, 1.54) is 6.92 Å². The number of hydrogen-bond acceptors (Lipinski definition) is 7. The molecule has 0 aliphatic carbocycles. The Hall–Kier alpha value is -3.00. The van der Waals surface area contributed by atoms with E-state index in [2.05, 4.69) is 20.4 Å². The largest absolute Gasteiger partial charge is 0.478 e. The number of amides is 1. The summed E-state index contributed by atoms with van der Waals surface area (Å²) < 4.78 is 75.1. The lowest BCUT2D eigenvalue weighted by Gasteiger charge is -2.37. The summed E-state index contributed by atoms with van der Waals surface area (Å²) in [4.78, 5) is 20.3. The zero-order chi connectivity index (χ0) is 24.8. The second kappa shape index (κ2) is 8.65. The van der Waals surface area contributed by atoms with Crippen molar-refractivity contribution in [1.82, 2.24) is 24.9 Å². The molecule has 0 saturated carbocycles. The number of nitrogens with one attached hydrogen (secondary N) is 1. The topological polar surface area (TPSA) is 108 Å². The van der Waals surface area contributed by atoms with E-state index in [9.17, 15) is 26.6 Å². The van der Waals surface area contributed by atoms with E-state index in [4.69, 9.17) is 21.1 Å². The minimum Gasteiger partial charge on any atom is -0.478 e. The number of fused-ring (bicyclic) bond motifs is 1. The molecule has 15 heteroatoms. The number of hydrogen-bond donors (Lipinski definition) is 1. The van der Waals surface area contributed by atoms with E-state index in [0.29, 0.717) is 0 Å². The molecule has 3 aromatic rings. The van der Waals surface area contributed by atoms with Gasteiger partial charge in [-0.3, -0.25) is 9.00 Å². The van der Waals surface area contributed by atoms with Gasteiger partial charge in [0.15, 0.2) is 29.6 Å². The molecule has 0 radical (unpaired) electrons. The van der Waals surface area contributed by atoms with E-state index in [1.807, 2.05) is 0 Å². The van der Waals surface area contributed by atoms with Gasteiger partial charge in [-0.1, -0.05) is 11.6 Å². The van der Waals surface area contributed by atoms with Crippen LogP contribution in [0.3, 0.4) is 0 Å². The van der Waals surface area contributed by atoms with E-state index >= 15 is 0 Å². The molecule has 34 heavy (non-hydrogen) atoms. The number of aryl methyl sites for hydroxylation is 1. The molecule has 1 aliphatic heterocycles. The van der Waals surface area contributed by atoms with Gasteiger partial charge in [0.25, 0.3) is 11.8 Å². The third-order valence-corrected chi connectivity index (χ3v) is 6.84. The minimum absolute atomic E-state index is 0.00111. The molecule has 1 aliphatic rings. The Bertz CT molecular complexity index is 1310. The molecule has 0 aromatic carbocycles. The van der Waals surface area contributed by atoms with E-state index in [1.54, 1.807) is 6.92 Å². The standard InChI is InChI=1S/C19H16ClF4N5O4S/c1-9-12(33-17-13(3-10(20)5-25-17)32-6-19(22,23)24)4-11(21)15-26-14(28-29(9)15)16(30)27-18(2)7-34(31)8-18/h3-5H,6-8H2,1-2H3,(H,27,30). The zero-order valence-electron chi connectivity index (χ0n) is 17.6. The predicted molar refractivity (Wildman–Crippen MR) is 112 cm³/mol. The van der Waals surface area contributed by atoms with Gasteiger partial charge in [0.1, 0.15) is 0 Å². The summed E-state index contributed by atoms with van der Waals surface area (Å²) in [6, 6.07) is 2.01. The third-order valence-electron chi connectivity index (χ3n) is 4.71. The highest BCUT2D eigenvalue weighted by Crippen LogP contribution is 2.34. The monoisotopic (exact) mass is 521 g/mol. The SMILES string of the molecule is Cc1c(Oc2ncc(Cl)cc2OCC(F)(F)F)cc(F)c2nc(C(=O)NC3(C)CS(=O)C3)nn12. The van der Waals surface area contributed by atoms with Crippen LogP contribution in [-0.2, 0) is 10.8 Å². The maximum atomic E-state index is 14.7. The summed E-state index contributed by atoms with van der Waals surface area (Å²) in [5, 5.41) is 6.69. The predicted octanol–water partition coefficient (Wildman–Crippen LogP) is 3.21. The normalized spacial score (nSPS) is 20.1. The number of alkyl halides is 3. The number of carbonyl (C=O) groups excluding carboxylic acids is 1. The van der Waals surface area contributed by atoms with Crippen LogP contribution in [0.25, 0.3) is 5.65 Å². The first kappa shape index (κ1) is 24.1. The van der Waals surface area contributed by atoms with Crippen molar-refractivity contribution in [3.05, 3.63) is 40.7 Å². The van der Waals surface area contributed by atoms with Crippen LogP contribution in [0.5, 0.6) is 17.4 Å². The van der Waals surface area contributed by atoms with Gasteiger partial charge in [-0.25, -0.2) is 13.9 Å². The Kier molecular flexibility index (Phi) is 6.14. The summed E-state index contributed by atoms with van der Waals surface area (Å²) in [6.45, 7) is 1.57. The number of pyridine rings is 2. The number of aromatic nitrogens is 4. The molecule has 0 unspecified atom stereocenters. The van der Waals surface area contributed by atoms with Gasteiger partial charge in [0, 0.05) is 40.6 Å². The van der Waals surface area contributed by atoms with Crippen molar-refractivity contribution in [2.45, 2.75) is 25.6 Å². The van der Waals surface area contributed by atoms with Crippen LogP contribution in [0, 0.1) is 12.7 Å². The first-order valence-corrected chi connectivity index (χ1v) is 11.5. The highest BCUT2D eigenvalue weighted by Gasteiger charge is 2.40. The summed E-state index contributed by atoms with van der Waals surface area (Å²) in [5.41, 5.74) is -0.763. The van der Waals surface area contributed by atoms with Gasteiger partial charge >= 0.3 is 6.18 Å². The van der Waals surface area contributed by atoms with Crippen molar-refractivity contribution in [3.63, 3.8) is 0 Å². The van der Waals surface area contributed by atoms with Crippen LogP contribution < -0.4 is 14.8 Å². The Labute approximate surface area is 196 Å². The number of nitrogens with zero attached hydrogens (tertiary/aromatic N) is 4. The van der Waals surface area contributed by atoms with Gasteiger partial charge in [-0.2, -0.15) is 18.2 Å². The summed E-state index contributed by atoms with van der Waals surface area (Å²) >= 11 is 5.79. The number of carbonyl (C=O) groups is 1. The van der Waals surface area contributed by atoms with E-state index in [0.717, 1.165) is 22.8 Å². The third kappa shape index (κ3) is 5.06. The fourth-order valence-corrected chi connectivity index (χ4v) is 4.84. The van der Waals surface area contributed by atoms with Crippen molar-refractivity contribution >= 4 is 34.0 Å². The van der Waals surface area contributed by atoms with Crippen LogP contribution in [0.15, 0.2) is 18.3 Å². The Balaban J connectivity index is 1.63. The van der Waals surface area contributed by atoms with Gasteiger partial charge in [-0.05, 0) is 13.8 Å². The highest BCUT2D eigenvalue weighted by atomic mass is 35.5. The second-order valence-electron chi connectivity index (χ2n) is 7.82. The lowest BCUT2D eigenvalue weighted by molar-refractivity contribution is -0.153. The van der Waals surface area contributed by atoms with E-state index < -0.39 is 46.6 Å². The molecular formula is C19H16ClF4N5O4S. The number of ether oxygens (including phenoxy) is 2. The molecule has 4 heterocycles. The molecular weight excluding hydrogens is 506 g/mol. The van der Waals surface area contributed by atoms with E-state index in [-0.39, 0.29) is 45.3 Å². The molecule has 1 saturated heterocycles. The average Bonchev–Trinajstić information content (AvgIpc) is 3.17. The Morgan fingerprint density at radius 2 is 2.03 bits per heavy atom. The number of halogens is 5. The molecule has 9 nitrogen and oxygen atoms in total. The smallest absolute Gasteiger partial charge is 0.422 e. The van der Waals surface area contributed by atoms with Crippen molar-refractivity contribution in [1.29, 1.82) is 0 Å². The molecule has 1 amide bonds. The fraction of sp³-hybridized carbons (Fsp3) is 0.368. The molecule has 0 bridgehead atoms. The van der Waals surface area contributed by atoms with Gasteiger partial charge in [0.05, 0.1) is 16.3 Å². The Morgan fingerprint density at radius 3 is 2.68 bits per heavy atom. The maximum Gasteiger partial charge on any atom is 0.422 e. The lowest BCUT2D eigenvalue weighted by Crippen LogP contribution is -2.61. The molecule has 182 valence electrons. The molecule has 0 spiro atoms. The van der Waals surface area contributed by atoms with Crippen molar-refractivity contribution in [2.75, 3.05) is 18.1 Å². The fourth-order valence-electron chi connectivity index (χ4n) is 3.21. The van der Waals surface area contributed by atoms with Crippen molar-refractivity contribution < 1.29 is 36.0 Å². The first-order valence-electron chi connectivity index (χ1n) is 9.60. The van der Waals surface area contributed by atoms with Gasteiger partial charge < -0.3 is 14.8 Å². The van der Waals surface area contributed by atoms with Crippen LogP contribution in [0.4, 0.5) is 17.6 Å². The highest BCUT2D eigenvalue weighted by molar-refractivity contribution is 7.86. The van der Waals surface area contributed by atoms with Crippen LogP contribution >= 0.6 is 11.6 Å². The van der Waals surface area contributed by atoms with Crippen LogP contribution in [0.2, 0.25) is 5.02 Å². The van der Waals surface area contributed by atoms with Gasteiger partial charge in [0.2, 0.25) is 5.82 Å². The average molecular weight is 522 g/mol. The number of rotatable bonds is 6. The quantitative estimate of drug-likeness (QED) is 0.496. The summed E-state index contributed by atoms with van der Waals surface area (Å²) in [5.74, 6) is -2.30.